The molecule has 0 spiro atoms. The van der Waals surface area contributed by atoms with E-state index < -0.39 is 0 Å². The van der Waals surface area contributed by atoms with Crippen LogP contribution in [-0.2, 0) is 11.2 Å². The molecule has 1 amide bonds. The molecule has 2 aliphatic rings. The van der Waals surface area contributed by atoms with Crippen molar-refractivity contribution in [3.8, 4) is 6.19 Å². The lowest BCUT2D eigenvalue weighted by Crippen LogP contribution is -2.24. The zero-order chi connectivity index (χ0) is 17.9. The molecule has 1 aliphatic carbocycles. The Kier molecular flexibility index (Phi) is 4.40. The minimum Gasteiger partial charge on any atom is -0.309 e. The summed E-state index contributed by atoms with van der Waals surface area (Å²) in [5.74, 6) is 1.04. The largest absolute Gasteiger partial charge is 0.309 e. The Morgan fingerprint density at radius 3 is 3.04 bits per heavy atom. The topological polar surface area (TPSA) is 97.7 Å². The normalized spacial score (nSPS) is 16.7. The number of hydrogen-bond donors (Lipinski definition) is 2. The van der Waals surface area contributed by atoms with Gasteiger partial charge in [0.15, 0.2) is 12.0 Å². The number of carbonyl (C=O) groups is 1. The number of aromatic nitrogens is 3. The molecule has 26 heavy (non-hydrogen) atoms. The van der Waals surface area contributed by atoms with Gasteiger partial charge in [-0.1, -0.05) is 12.1 Å². The third-order valence-corrected chi connectivity index (χ3v) is 4.69. The van der Waals surface area contributed by atoms with Gasteiger partial charge in [0.05, 0.1) is 18.7 Å². The van der Waals surface area contributed by atoms with Gasteiger partial charge in [0.25, 0.3) is 0 Å². The molecule has 132 valence electrons. The average molecular weight is 348 g/mol. The Morgan fingerprint density at radius 1 is 1.42 bits per heavy atom. The summed E-state index contributed by atoms with van der Waals surface area (Å²) in [4.78, 5) is 18.4. The van der Waals surface area contributed by atoms with Crippen molar-refractivity contribution >= 4 is 17.3 Å². The molecule has 3 heterocycles. The lowest BCUT2D eigenvalue weighted by atomic mass is 10.1. The van der Waals surface area contributed by atoms with E-state index in [1.807, 2.05) is 18.2 Å². The first-order valence-electron chi connectivity index (χ1n) is 8.85. The van der Waals surface area contributed by atoms with Gasteiger partial charge < -0.3 is 10.2 Å². The number of anilines is 1. The third-order valence-electron chi connectivity index (χ3n) is 4.69. The van der Waals surface area contributed by atoms with Crippen molar-refractivity contribution in [2.24, 2.45) is 0 Å². The number of pyridine rings is 1. The van der Waals surface area contributed by atoms with Crippen molar-refractivity contribution in [1.82, 2.24) is 20.1 Å². The highest BCUT2D eigenvalue weighted by Gasteiger charge is 2.25. The minimum absolute atomic E-state index is 0.110. The Bertz CT molecular complexity index is 872. The van der Waals surface area contributed by atoms with Crippen molar-refractivity contribution in [2.45, 2.75) is 31.6 Å². The van der Waals surface area contributed by atoms with E-state index in [1.165, 1.54) is 12.8 Å². The van der Waals surface area contributed by atoms with Crippen molar-refractivity contribution < 1.29 is 4.79 Å². The number of nitrogens with one attached hydrogen (secondary N) is 2. The fourth-order valence-corrected chi connectivity index (χ4v) is 3.11. The minimum atomic E-state index is -0.110. The van der Waals surface area contributed by atoms with Crippen molar-refractivity contribution in [3.05, 3.63) is 47.4 Å². The van der Waals surface area contributed by atoms with Gasteiger partial charge >= 0.3 is 0 Å². The van der Waals surface area contributed by atoms with E-state index in [1.54, 1.807) is 11.1 Å². The van der Waals surface area contributed by atoms with Crippen LogP contribution in [0.1, 0.15) is 42.1 Å². The summed E-state index contributed by atoms with van der Waals surface area (Å²) in [6, 6.07) is 5.73. The first-order chi connectivity index (χ1) is 12.7. The highest BCUT2D eigenvalue weighted by molar-refractivity contribution is 5.91. The fourth-order valence-electron chi connectivity index (χ4n) is 3.11. The second-order valence-electron chi connectivity index (χ2n) is 6.80. The van der Waals surface area contributed by atoms with Crippen LogP contribution in [0.3, 0.4) is 0 Å². The van der Waals surface area contributed by atoms with Crippen LogP contribution in [-0.4, -0.2) is 39.1 Å². The number of carbonyl (C=O) groups excluding carboxylic acids is 1. The highest BCUT2D eigenvalue weighted by atomic mass is 16.1. The van der Waals surface area contributed by atoms with Crippen LogP contribution in [0.4, 0.5) is 5.82 Å². The van der Waals surface area contributed by atoms with Gasteiger partial charge in [0.1, 0.15) is 0 Å². The maximum absolute atomic E-state index is 12.2. The van der Waals surface area contributed by atoms with Gasteiger partial charge in [-0.25, -0.2) is 0 Å². The van der Waals surface area contributed by atoms with Gasteiger partial charge in [-0.15, -0.1) is 0 Å². The van der Waals surface area contributed by atoms with E-state index in [-0.39, 0.29) is 12.3 Å². The highest BCUT2D eigenvalue weighted by Crippen LogP contribution is 2.39. The van der Waals surface area contributed by atoms with Crippen LogP contribution in [0.15, 0.2) is 30.5 Å². The molecule has 0 bridgehead atoms. The number of aromatic amines is 1. The number of hydrogen-bond acceptors (Lipinski definition) is 5. The summed E-state index contributed by atoms with van der Waals surface area (Å²) in [6.45, 7) is 1.35. The van der Waals surface area contributed by atoms with Crippen molar-refractivity contribution in [3.63, 3.8) is 0 Å². The first-order valence-corrected chi connectivity index (χ1v) is 8.85. The summed E-state index contributed by atoms with van der Waals surface area (Å²) < 4.78 is 0. The molecule has 2 aromatic rings. The van der Waals surface area contributed by atoms with Crippen LogP contribution in [0.25, 0.3) is 5.57 Å². The molecule has 0 unspecified atom stereocenters. The van der Waals surface area contributed by atoms with Gasteiger partial charge in [-0.05, 0) is 36.5 Å². The van der Waals surface area contributed by atoms with Crippen LogP contribution in [0.5, 0.6) is 0 Å². The molecule has 0 atom stereocenters. The molecule has 1 saturated carbocycles. The van der Waals surface area contributed by atoms with Gasteiger partial charge in [-0.3, -0.25) is 14.9 Å². The molecule has 1 fully saturated rings. The average Bonchev–Trinajstić information content (AvgIpc) is 3.42. The Hall–Kier alpha value is -3.14. The summed E-state index contributed by atoms with van der Waals surface area (Å²) in [7, 11) is 0. The van der Waals surface area contributed by atoms with E-state index in [9.17, 15) is 4.79 Å². The van der Waals surface area contributed by atoms with Crippen molar-refractivity contribution in [1.29, 1.82) is 5.26 Å². The maximum Gasteiger partial charge on any atom is 0.230 e. The number of H-pyrrole nitrogens is 1. The monoisotopic (exact) mass is 348 g/mol. The number of rotatable bonds is 5. The molecular weight excluding hydrogens is 328 g/mol. The standard InChI is InChI=1S/C19H20N6O/c20-12-25-7-1-2-15(11-25)16-6-3-13(10-21-16)8-19(26)22-18-9-17(23-24-18)14-4-5-14/h2-3,6,9-10,14H,1,4-5,7-8,11H2,(H2,22,23,24,26). The molecule has 1 aliphatic heterocycles. The van der Waals surface area contributed by atoms with Crippen LogP contribution < -0.4 is 5.32 Å². The van der Waals surface area contributed by atoms with E-state index in [0.29, 0.717) is 18.3 Å². The Labute approximate surface area is 151 Å². The molecule has 7 heteroatoms. The summed E-state index contributed by atoms with van der Waals surface area (Å²) >= 11 is 0. The summed E-state index contributed by atoms with van der Waals surface area (Å²) in [5, 5.41) is 19.0. The number of amides is 1. The molecule has 0 aromatic carbocycles. The summed E-state index contributed by atoms with van der Waals surface area (Å²) in [5.41, 5.74) is 3.85. The van der Waals surface area contributed by atoms with E-state index >= 15 is 0 Å². The first kappa shape index (κ1) is 16.3. The predicted molar refractivity (Wildman–Crippen MR) is 96.9 cm³/mol. The number of nitrogens with zero attached hydrogens (tertiary/aromatic N) is 4. The van der Waals surface area contributed by atoms with E-state index in [0.717, 1.165) is 35.5 Å². The third kappa shape index (κ3) is 3.75. The van der Waals surface area contributed by atoms with Gasteiger partial charge in [0.2, 0.25) is 5.91 Å². The quantitative estimate of drug-likeness (QED) is 0.809. The molecule has 7 nitrogen and oxygen atoms in total. The van der Waals surface area contributed by atoms with Crippen LogP contribution in [0, 0.1) is 11.5 Å². The zero-order valence-corrected chi connectivity index (χ0v) is 14.4. The Morgan fingerprint density at radius 2 is 2.31 bits per heavy atom. The molecule has 4 rings (SSSR count). The molecule has 2 aromatic heterocycles. The zero-order valence-electron chi connectivity index (χ0n) is 14.4. The molecule has 0 saturated heterocycles. The predicted octanol–water partition coefficient (Wildman–Crippen LogP) is 2.43. The fraction of sp³-hybridized carbons (Fsp3) is 0.368. The second-order valence-corrected chi connectivity index (χ2v) is 6.80. The number of nitriles is 1. The van der Waals surface area contributed by atoms with Gasteiger partial charge in [0, 0.05) is 30.4 Å². The lowest BCUT2D eigenvalue weighted by Gasteiger charge is -2.21. The lowest BCUT2D eigenvalue weighted by molar-refractivity contribution is -0.115. The van der Waals surface area contributed by atoms with E-state index in [2.05, 4.69) is 32.8 Å². The van der Waals surface area contributed by atoms with Gasteiger partial charge in [-0.2, -0.15) is 10.4 Å². The molecule has 2 N–H and O–H groups in total. The molecular formula is C19H20N6O. The second kappa shape index (κ2) is 7.00. The van der Waals surface area contributed by atoms with Crippen LogP contribution >= 0.6 is 0 Å². The smallest absolute Gasteiger partial charge is 0.230 e. The van der Waals surface area contributed by atoms with E-state index in [4.69, 9.17) is 5.26 Å². The van der Waals surface area contributed by atoms with Crippen LogP contribution in [0.2, 0.25) is 0 Å². The Balaban J connectivity index is 1.35. The van der Waals surface area contributed by atoms with Crippen molar-refractivity contribution in [2.75, 3.05) is 18.4 Å². The summed E-state index contributed by atoms with van der Waals surface area (Å²) in [6.07, 6.45) is 9.51. The molecule has 0 radical (unpaired) electrons. The SMILES string of the molecule is N#CN1CCC=C(c2ccc(CC(=O)Nc3cc(C4CC4)[nH]n3)cn2)C1. The maximum atomic E-state index is 12.2.